The highest BCUT2D eigenvalue weighted by Gasteiger charge is 2.46. The molecule has 4 rings (SSSR count). The molecule has 5 nitrogen and oxygen atoms in total. The number of aromatic amines is 1. The molecule has 1 aliphatic carbocycles. The molecule has 1 fully saturated rings. The van der Waals surface area contributed by atoms with Gasteiger partial charge in [-0.05, 0) is 30.0 Å². The van der Waals surface area contributed by atoms with Crippen LogP contribution in [0.25, 0.3) is 10.6 Å². The maximum atomic E-state index is 12.2. The van der Waals surface area contributed by atoms with E-state index in [0.717, 1.165) is 22.8 Å². The third-order valence-electron chi connectivity index (χ3n) is 3.65. The molecule has 3 aromatic rings. The number of hydrogen-bond donors (Lipinski definition) is 2. The highest BCUT2D eigenvalue weighted by atomic mass is 32.1. The van der Waals surface area contributed by atoms with Gasteiger partial charge in [0.25, 0.3) is 0 Å². The first-order valence-corrected chi connectivity index (χ1v) is 7.63. The van der Waals surface area contributed by atoms with Crippen LogP contribution in [0.4, 0.5) is 5.82 Å². The quantitative estimate of drug-likeness (QED) is 0.775. The van der Waals surface area contributed by atoms with Gasteiger partial charge in [-0.3, -0.25) is 9.89 Å². The number of amides is 1. The summed E-state index contributed by atoms with van der Waals surface area (Å²) in [7, 11) is 0. The van der Waals surface area contributed by atoms with E-state index in [-0.39, 0.29) is 17.7 Å². The average Bonchev–Trinajstić information content (AvgIpc) is 2.99. The van der Waals surface area contributed by atoms with Gasteiger partial charge in [0.15, 0.2) is 5.82 Å². The normalized spacial score (nSPS) is 20.4. The molecule has 3 heterocycles. The Kier molecular flexibility index (Phi) is 2.89. The lowest BCUT2D eigenvalue weighted by Crippen LogP contribution is -2.14. The summed E-state index contributed by atoms with van der Waals surface area (Å²) in [5.74, 6) is 1.64. The first kappa shape index (κ1) is 12.4. The van der Waals surface area contributed by atoms with Crippen molar-refractivity contribution in [3.63, 3.8) is 0 Å². The number of thiophene rings is 1. The minimum absolute atomic E-state index is 0.000583. The second kappa shape index (κ2) is 4.89. The van der Waals surface area contributed by atoms with Crippen molar-refractivity contribution in [1.29, 1.82) is 0 Å². The molecule has 0 radical (unpaired) electrons. The van der Waals surface area contributed by atoms with Gasteiger partial charge in [-0.25, -0.2) is 0 Å². The van der Waals surface area contributed by atoms with E-state index >= 15 is 0 Å². The Morgan fingerprint density at radius 2 is 2.38 bits per heavy atom. The highest BCUT2D eigenvalue weighted by Crippen LogP contribution is 2.48. The molecule has 2 unspecified atom stereocenters. The standard InChI is InChI=1S/C15H13N3O2S/c19-15(10-7-9(10)12-3-1-5-20-12)16-14-8-11(17-18-14)13-4-2-6-21-13/h1-6,8-10H,7H2,(H2,16,17,18,19). The zero-order chi connectivity index (χ0) is 14.2. The van der Waals surface area contributed by atoms with Gasteiger partial charge in [0.1, 0.15) is 5.76 Å². The van der Waals surface area contributed by atoms with Crippen molar-refractivity contribution < 1.29 is 9.21 Å². The number of rotatable bonds is 4. The van der Waals surface area contributed by atoms with Crippen molar-refractivity contribution in [3.8, 4) is 10.6 Å². The van der Waals surface area contributed by atoms with Crippen LogP contribution in [0.5, 0.6) is 0 Å². The molecule has 0 bridgehead atoms. The highest BCUT2D eigenvalue weighted by molar-refractivity contribution is 7.13. The Bertz CT molecular complexity index is 746. The lowest BCUT2D eigenvalue weighted by Gasteiger charge is -1.99. The van der Waals surface area contributed by atoms with E-state index in [1.54, 1.807) is 17.6 Å². The summed E-state index contributed by atoms with van der Waals surface area (Å²) >= 11 is 1.63. The predicted octanol–water partition coefficient (Wildman–Crippen LogP) is 3.47. The summed E-state index contributed by atoms with van der Waals surface area (Å²) in [4.78, 5) is 13.3. The van der Waals surface area contributed by atoms with Crippen LogP contribution in [0.1, 0.15) is 18.1 Å². The van der Waals surface area contributed by atoms with E-state index in [1.807, 2.05) is 35.7 Å². The zero-order valence-corrected chi connectivity index (χ0v) is 11.9. The minimum atomic E-state index is -0.0157. The number of furan rings is 1. The Hall–Kier alpha value is -2.34. The van der Waals surface area contributed by atoms with Gasteiger partial charge >= 0.3 is 0 Å². The van der Waals surface area contributed by atoms with Crippen LogP contribution >= 0.6 is 11.3 Å². The number of hydrogen-bond acceptors (Lipinski definition) is 4. The van der Waals surface area contributed by atoms with Crippen molar-refractivity contribution in [3.05, 3.63) is 47.7 Å². The van der Waals surface area contributed by atoms with Gasteiger partial charge < -0.3 is 9.73 Å². The smallest absolute Gasteiger partial charge is 0.229 e. The van der Waals surface area contributed by atoms with E-state index in [9.17, 15) is 4.79 Å². The largest absolute Gasteiger partial charge is 0.469 e. The summed E-state index contributed by atoms with van der Waals surface area (Å²) in [6.07, 6.45) is 2.48. The number of nitrogens with zero attached hydrogens (tertiary/aromatic N) is 1. The van der Waals surface area contributed by atoms with E-state index in [2.05, 4.69) is 15.5 Å². The molecule has 0 aliphatic heterocycles. The number of carbonyl (C=O) groups is 1. The fourth-order valence-corrected chi connectivity index (χ4v) is 3.16. The summed E-state index contributed by atoms with van der Waals surface area (Å²) in [5, 5.41) is 11.9. The number of nitrogens with one attached hydrogen (secondary N) is 2. The minimum Gasteiger partial charge on any atom is -0.469 e. The first-order chi connectivity index (χ1) is 10.3. The molecule has 106 valence electrons. The third-order valence-corrected chi connectivity index (χ3v) is 4.55. The number of carbonyl (C=O) groups excluding carboxylic acids is 1. The Morgan fingerprint density at radius 1 is 1.43 bits per heavy atom. The van der Waals surface area contributed by atoms with Gasteiger partial charge in [0.05, 0.1) is 16.8 Å². The molecule has 1 amide bonds. The molecule has 0 aromatic carbocycles. The maximum Gasteiger partial charge on any atom is 0.229 e. The summed E-state index contributed by atoms with van der Waals surface area (Å²) in [6, 6.07) is 9.62. The summed E-state index contributed by atoms with van der Waals surface area (Å²) in [5.41, 5.74) is 0.915. The Labute approximate surface area is 125 Å². The van der Waals surface area contributed by atoms with Crippen LogP contribution < -0.4 is 5.32 Å². The molecule has 1 aliphatic rings. The van der Waals surface area contributed by atoms with Crippen LogP contribution in [0.15, 0.2) is 46.4 Å². The fraction of sp³-hybridized carbons (Fsp3) is 0.200. The maximum absolute atomic E-state index is 12.2. The fourth-order valence-electron chi connectivity index (χ4n) is 2.46. The zero-order valence-electron chi connectivity index (χ0n) is 11.1. The van der Waals surface area contributed by atoms with E-state index in [4.69, 9.17) is 4.42 Å². The number of aromatic nitrogens is 2. The van der Waals surface area contributed by atoms with Gasteiger partial charge in [0, 0.05) is 17.9 Å². The van der Waals surface area contributed by atoms with Gasteiger partial charge in [-0.1, -0.05) is 6.07 Å². The predicted molar refractivity (Wildman–Crippen MR) is 80.1 cm³/mol. The van der Waals surface area contributed by atoms with Crippen LogP contribution in [-0.2, 0) is 4.79 Å². The SMILES string of the molecule is O=C(Nc1cc(-c2cccs2)[nH]n1)C1CC1c1ccco1. The van der Waals surface area contributed by atoms with Crippen LogP contribution in [-0.4, -0.2) is 16.1 Å². The van der Waals surface area contributed by atoms with Gasteiger partial charge in [-0.2, -0.15) is 5.10 Å². The number of H-pyrrole nitrogens is 1. The van der Waals surface area contributed by atoms with Crippen molar-refractivity contribution in [1.82, 2.24) is 10.2 Å². The topological polar surface area (TPSA) is 70.9 Å². The van der Waals surface area contributed by atoms with E-state index in [1.165, 1.54) is 0 Å². The van der Waals surface area contributed by atoms with Crippen molar-refractivity contribution in [2.24, 2.45) is 5.92 Å². The molecule has 0 saturated heterocycles. The van der Waals surface area contributed by atoms with Gasteiger partial charge in [-0.15, -0.1) is 11.3 Å². The lowest BCUT2D eigenvalue weighted by atomic mass is 10.2. The molecule has 2 atom stereocenters. The van der Waals surface area contributed by atoms with Crippen LogP contribution in [0.3, 0.4) is 0 Å². The van der Waals surface area contributed by atoms with E-state index < -0.39 is 0 Å². The molecule has 0 spiro atoms. The number of anilines is 1. The molecule has 2 N–H and O–H groups in total. The van der Waals surface area contributed by atoms with Crippen molar-refractivity contribution in [2.45, 2.75) is 12.3 Å². The monoisotopic (exact) mass is 299 g/mol. The van der Waals surface area contributed by atoms with Gasteiger partial charge in [0.2, 0.25) is 5.91 Å². The van der Waals surface area contributed by atoms with Crippen molar-refractivity contribution >= 4 is 23.1 Å². The molecule has 1 saturated carbocycles. The summed E-state index contributed by atoms with van der Waals surface area (Å²) < 4.78 is 5.34. The first-order valence-electron chi connectivity index (χ1n) is 6.75. The second-order valence-electron chi connectivity index (χ2n) is 5.10. The second-order valence-corrected chi connectivity index (χ2v) is 6.05. The Morgan fingerprint density at radius 3 is 3.14 bits per heavy atom. The molecule has 21 heavy (non-hydrogen) atoms. The summed E-state index contributed by atoms with van der Waals surface area (Å²) in [6.45, 7) is 0. The van der Waals surface area contributed by atoms with Crippen LogP contribution in [0.2, 0.25) is 0 Å². The molecular weight excluding hydrogens is 286 g/mol. The van der Waals surface area contributed by atoms with E-state index in [0.29, 0.717) is 5.82 Å². The third kappa shape index (κ3) is 2.38. The average molecular weight is 299 g/mol. The molecule has 6 heteroatoms. The van der Waals surface area contributed by atoms with Crippen LogP contribution in [0, 0.1) is 5.92 Å². The van der Waals surface area contributed by atoms with Crippen molar-refractivity contribution in [2.75, 3.05) is 5.32 Å². The lowest BCUT2D eigenvalue weighted by molar-refractivity contribution is -0.117. The Balaban J connectivity index is 1.42. The molecular formula is C15H13N3O2S. The molecule has 3 aromatic heterocycles.